The van der Waals surface area contributed by atoms with Gasteiger partial charge in [0.25, 0.3) is 0 Å². The van der Waals surface area contributed by atoms with Gasteiger partial charge in [-0.2, -0.15) is 0 Å². The molecule has 1 amide bonds. The van der Waals surface area contributed by atoms with Crippen LogP contribution in [0.4, 0.5) is 17.2 Å². The summed E-state index contributed by atoms with van der Waals surface area (Å²) >= 11 is 6.11. The molecule has 2 fully saturated rings. The summed E-state index contributed by atoms with van der Waals surface area (Å²) in [6, 6.07) is 7.39. The van der Waals surface area contributed by atoms with Gasteiger partial charge in [-0.1, -0.05) is 11.6 Å². The van der Waals surface area contributed by atoms with E-state index in [-0.39, 0.29) is 5.91 Å². The van der Waals surface area contributed by atoms with Gasteiger partial charge >= 0.3 is 0 Å². The number of nitrogens with zero attached hydrogens (tertiary/aromatic N) is 3. The number of amides is 1. The SMILES string of the molecule is COc1cc(Nc2cc(Cl)nc(C3CC3)n2)ccc1N1CCCC1=O. The predicted octanol–water partition coefficient (Wildman–Crippen LogP) is 3.89. The molecule has 0 atom stereocenters. The summed E-state index contributed by atoms with van der Waals surface area (Å²) < 4.78 is 5.49. The van der Waals surface area contributed by atoms with Crippen LogP contribution in [0.1, 0.15) is 37.4 Å². The van der Waals surface area contributed by atoms with E-state index in [9.17, 15) is 4.79 Å². The average molecular weight is 359 g/mol. The Morgan fingerprint density at radius 1 is 1.28 bits per heavy atom. The molecule has 1 aliphatic carbocycles. The first-order valence-corrected chi connectivity index (χ1v) is 8.82. The van der Waals surface area contributed by atoms with E-state index >= 15 is 0 Å². The number of methoxy groups -OCH3 is 1. The second-order valence-corrected chi connectivity index (χ2v) is 6.76. The molecule has 1 saturated carbocycles. The molecule has 1 aromatic carbocycles. The molecular weight excluding hydrogens is 340 g/mol. The summed E-state index contributed by atoms with van der Waals surface area (Å²) in [6.45, 7) is 0.730. The summed E-state index contributed by atoms with van der Waals surface area (Å²) in [4.78, 5) is 22.6. The maximum absolute atomic E-state index is 12.0. The first-order valence-electron chi connectivity index (χ1n) is 8.44. The third-order valence-electron chi connectivity index (χ3n) is 4.47. The van der Waals surface area contributed by atoms with Crippen LogP contribution in [0.15, 0.2) is 24.3 Å². The Kier molecular flexibility index (Phi) is 4.21. The van der Waals surface area contributed by atoms with E-state index in [4.69, 9.17) is 16.3 Å². The zero-order valence-corrected chi connectivity index (χ0v) is 14.7. The maximum atomic E-state index is 12.0. The average Bonchev–Trinajstić information content (AvgIpc) is 3.36. The van der Waals surface area contributed by atoms with E-state index in [1.807, 2.05) is 18.2 Å². The van der Waals surface area contributed by atoms with Gasteiger partial charge in [0.05, 0.1) is 12.8 Å². The number of ether oxygens (including phenoxy) is 1. The number of aromatic nitrogens is 2. The van der Waals surface area contributed by atoms with Crippen molar-refractivity contribution in [2.24, 2.45) is 0 Å². The van der Waals surface area contributed by atoms with Crippen molar-refractivity contribution in [3.05, 3.63) is 35.2 Å². The number of carbonyl (C=O) groups excluding carboxylic acids is 1. The first kappa shape index (κ1) is 16.1. The second-order valence-electron chi connectivity index (χ2n) is 6.37. The van der Waals surface area contributed by atoms with Crippen molar-refractivity contribution in [1.29, 1.82) is 0 Å². The Labute approximate surface area is 151 Å². The van der Waals surface area contributed by atoms with Crippen molar-refractivity contribution < 1.29 is 9.53 Å². The van der Waals surface area contributed by atoms with Gasteiger partial charge in [-0.05, 0) is 31.4 Å². The van der Waals surface area contributed by atoms with Crippen LogP contribution in [0.2, 0.25) is 5.15 Å². The Hall–Kier alpha value is -2.34. The van der Waals surface area contributed by atoms with Crippen molar-refractivity contribution in [3.63, 3.8) is 0 Å². The fourth-order valence-corrected chi connectivity index (χ4v) is 3.24. The lowest BCUT2D eigenvalue weighted by Gasteiger charge is -2.20. The van der Waals surface area contributed by atoms with Crippen molar-refractivity contribution in [1.82, 2.24) is 9.97 Å². The van der Waals surface area contributed by atoms with Crippen LogP contribution < -0.4 is 15.0 Å². The molecule has 0 unspecified atom stereocenters. The molecular formula is C18H19ClN4O2. The largest absolute Gasteiger partial charge is 0.494 e. The normalized spacial score (nSPS) is 17.0. The van der Waals surface area contributed by atoms with Crippen LogP contribution in [0.5, 0.6) is 5.75 Å². The molecule has 130 valence electrons. The lowest BCUT2D eigenvalue weighted by atomic mass is 10.2. The van der Waals surface area contributed by atoms with Gasteiger partial charge in [0.1, 0.15) is 22.5 Å². The molecule has 7 heteroatoms. The van der Waals surface area contributed by atoms with Gasteiger partial charge in [0.2, 0.25) is 5.91 Å². The van der Waals surface area contributed by atoms with Gasteiger partial charge < -0.3 is 15.0 Å². The van der Waals surface area contributed by atoms with E-state index in [1.165, 1.54) is 0 Å². The molecule has 6 nitrogen and oxygen atoms in total. The van der Waals surface area contributed by atoms with Gasteiger partial charge in [-0.25, -0.2) is 9.97 Å². The molecule has 2 aliphatic rings. The van der Waals surface area contributed by atoms with E-state index in [2.05, 4.69) is 15.3 Å². The third-order valence-corrected chi connectivity index (χ3v) is 4.66. The molecule has 4 rings (SSSR count). The lowest BCUT2D eigenvalue weighted by molar-refractivity contribution is -0.117. The van der Waals surface area contributed by atoms with Gasteiger partial charge in [0, 0.05) is 36.7 Å². The van der Waals surface area contributed by atoms with Crippen LogP contribution in [-0.2, 0) is 4.79 Å². The number of halogens is 1. The molecule has 1 aromatic heterocycles. The highest BCUT2D eigenvalue weighted by Crippen LogP contribution is 2.39. The number of anilines is 3. The predicted molar refractivity (Wildman–Crippen MR) is 96.9 cm³/mol. The monoisotopic (exact) mass is 358 g/mol. The van der Waals surface area contributed by atoms with Crippen molar-refractivity contribution in [3.8, 4) is 5.75 Å². The van der Waals surface area contributed by atoms with Crippen molar-refractivity contribution in [2.75, 3.05) is 23.9 Å². The molecule has 0 bridgehead atoms. The molecule has 2 aromatic rings. The number of benzene rings is 1. The number of nitrogens with one attached hydrogen (secondary N) is 1. The minimum absolute atomic E-state index is 0.135. The molecule has 1 saturated heterocycles. The highest BCUT2D eigenvalue weighted by Gasteiger charge is 2.27. The molecule has 1 N–H and O–H groups in total. The minimum Gasteiger partial charge on any atom is -0.494 e. The lowest BCUT2D eigenvalue weighted by Crippen LogP contribution is -2.24. The molecule has 25 heavy (non-hydrogen) atoms. The first-order chi connectivity index (χ1) is 12.1. The molecule has 0 spiro atoms. The summed E-state index contributed by atoms with van der Waals surface area (Å²) in [6.07, 6.45) is 3.70. The Balaban J connectivity index is 1.60. The van der Waals surface area contributed by atoms with Crippen LogP contribution in [-0.4, -0.2) is 29.5 Å². The Bertz CT molecular complexity index is 823. The fourth-order valence-electron chi connectivity index (χ4n) is 3.05. The zero-order valence-electron chi connectivity index (χ0n) is 14.0. The highest BCUT2D eigenvalue weighted by molar-refractivity contribution is 6.29. The highest BCUT2D eigenvalue weighted by atomic mass is 35.5. The van der Waals surface area contributed by atoms with Crippen LogP contribution in [0.3, 0.4) is 0 Å². The molecule has 2 heterocycles. The summed E-state index contributed by atoms with van der Waals surface area (Å²) in [7, 11) is 1.61. The standard InChI is InChI=1S/C18H19ClN4O2/c1-25-14-9-12(6-7-13(14)23-8-2-3-17(23)24)20-16-10-15(19)21-18(22-16)11-4-5-11/h6-7,9-11H,2-5,8H2,1H3,(H,20,21,22). The minimum atomic E-state index is 0.135. The maximum Gasteiger partial charge on any atom is 0.227 e. The summed E-state index contributed by atoms with van der Waals surface area (Å²) in [5.74, 6) is 2.67. The topological polar surface area (TPSA) is 67.3 Å². The summed E-state index contributed by atoms with van der Waals surface area (Å²) in [5, 5.41) is 3.69. The van der Waals surface area contributed by atoms with Crippen molar-refractivity contribution in [2.45, 2.75) is 31.6 Å². The Morgan fingerprint density at radius 3 is 2.80 bits per heavy atom. The van der Waals surface area contributed by atoms with E-state index in [0.29, 0.717) is 29.1 Å². The smallest absolute Gasteiger partial charge is 0.227 e. The van der Waals surface area contributed by atoms with Crippen molar-refractivity contribution >= 4 is 34.7 Å². The van der Waals surface area contributed by atoms with Crippen LogP contribution in [0, 0.1) is 0 Å². The van der Waals surface area contributed by atoms with Gasteiger partial charge in [0.15, 0.2) is 0 Å². The Morgan fingerprint density at radius 2 is 2.12 bits per heavy atom. The van der Waals surface area contributed by atoms with Gasteiger partial charge in [-0.3, -0.25) is 4.79 Å². The number of carbonyl (C=O) groups is 1. The second kappa shape index (κ2) is 6.52. The van der Waals surface area contributed by atoms with E-state index < -0.39 is 0 Å². The van der Waals surface area contributed by atoms with Crippen LogP contribution in [0.25, 0.3) is 0 Å². The quantitative estimate of drug-likeness (QED) is 0.821. The van der Waals surface area contributed by atoms with E-state index in [1.54, 1.807) is 18.1 Å². The fraction of sp³-hybridized carbons (Fsp3) is 0.389. The summed E-state index contributed by atoms with van der Waals surface area (Å²) in [5.41, 5.74) is 1.62. The zero-order chi connectivity index (χ0) is 17.4. The third kappa shape index (κ3) is 3.39. The number of hydrogen-bond donors (Lipinski definition) is 1. The van der Waals surface area contributed by atoms with Crippen LogP contribution >= 0.6 is 11.6 Å². The molecule has 0 radical (unpaired) electrons. The van der Waals surface area contributed by atoms with Gasteiger partial charge in [-0.15, -0.1) is 0 Å². The number of hydrogen-bond acceptors (Lipinski definition) is 5. The number of rotatable bonds is 5. The van der Waals surface area contributed by atoms with E-state index in [0.717, 1.165) is 43.0 Å². The molecule has 1 aliphatic heterocycles.